The summed E-state index contributed by atoms with van der Waals surface area (Å²) in [6.45, 7) is 6.07. The average molecular weight is 373 g/mol. The Hall–Kier alpha value is -0.950. The second-order valence-corrected chi connectivity index (χ2v) is 6.29. The predicted molar refractivity (Wildman–Crippen MR) is 102 cm³/mol. The third-order valence-corrected chi connectivity index (χ3v) is 4.05. The topological polar surface area (TPSA) is 46.2 Å². The molecule has 0 aromatic rings. The van der Waals surface area contributed by atoms with E-state index in [0.29, 0.717) is 45.4 Å². The van der Waals surface area contributed by atoms with Gasteiger partial charge in [0.25, 0.3) is 0 Å². The lowest BCUT2D eigenvalue weighted by molar-refractivity contribution is 0.0261. The summed E-state index contributed by atoms with van der Waals surface area (Å²) in [5.74, 6) is 1.69. The molecule has 0 radical (unpaired) electrons. The second-order valence-electron chi connectivity index (χ2n) is 5.41. The first-order valence-electron chi connectivity index (χ1n) is 9.07. The Morgan fingerprint density at radius 2 is 1.64 bits per heavy atom. The molecule has 144 valence electrons. The van der Waals surface area contributed by atoms with Gasteiger partial charge in [0.05, 0.1) is 26.4 Å². The molecule has 0 atom stereocenters. The van der Waals surface area contributed by atoms with Crippen molar-refractivity contribution in [3.05, 3.63) is 36.3 Å². The fourth-order valence-electron chi connectivity index (χ4n) is 1.98. The van der Waals surface area contributed by atoms with Crippen molar-refractivity contribution in [2.75, 3.05) is 52.0 Å². The smallest absolute Gasteiger partial charge is 0.153 e. The van der Waals surface area contributed by atoms with Gasteiger partial charge in [0, 0.05) is 12.4 Å². The first kappa shape index (κ1) is 22.1. The summed E-state index contributed by atoms with van der Waals surface area (Å²) < 4.78 is 27.7. The monoisotopic (exact) mass is 372 g/mol. The molecule has 0 fully saturated rings. The minimum atomic E-state index is 0.474. The first-order valence-corrected chi connectivity index (χ1v) is 9.98. The number of hydrogen-bond donors (Lipinski definition) is 0. The van der Waals surface area contributed by atoms with E-state index in [9.17, 15) is 0 Å². The molecule has 0 spiro atoms. The van der Waals surface area contributed by atoms with Crippen LogP contribution in [-0.2, 0) is 23.1 Å². The van der Waals surface area contributed by atoms with Crippen LogP contribution in [0.5, 0.6) is 0 Å². The molecular formula is C19H32O5S. The number of rotatable bonds is 2. The molecule has 1 aliphatic rings. The van der Waals surface area contributed by atoms with E-state index in [0.717, 1.165) is 18.8 Å². The zero-order chi connectivity index (χ0) is 17.8. The third kappa shape index (κ3) is 15.1. The molecular weight excluding hydrogens is 340 g/mol. The fraction of sp³-hybridized carbons (Fsp3) is 0.684. The molecule has 0 saturated heterocycles. The zero-order valence-corrected chi connectivity index (χ0v) is 16.1. The van der Waals surface area contributed by atoms with Gasteiger partial charge in [-0.1, -0.05) is 31.1 Å². The summed E-state index contributed by atoms with van der Waals surface area (Å²) in [7, 11) is 0. The molecule has 0 saturated carbocycles. The Labute approximate surface area is 156 Å². The van der Waals surface area contributed by atoms with Crippen LogP contribution in [0.4, 0.5) is 0 Å². The van der Waals surface area contributed by atoms with Gasteiger partial charge >= 0.3 is 0 Å². The Kier molecular flexibility index (Phi) is 15.8. The molecule has 1 rings (SSSR count). The van der Waals surface area contributed by atoms with E-state index in [1.807, 2.05) is 31.2 Å². The number of hydrogen-bond acceptors (Lipinski definition) is 6. The zero-order valence-electron chi connectivity index (χ0n) is 15.3. The van der Waals surface area contributed by atoms with Crippen molar-refractivity contribution in [2.45, 2.75) is 32.6 Å². The van der Waals surface area contributed by atoms with Gasteiger partial charge in [-0.25, -0.2) is 0 Å². The van der Waals surface area contributed by atoms with Crippen LogP contribution >= 0.6 is 12.0 Å². The van der Waals surface area contributed by atoms with Crippen LogP contribution in [0, 0.1) is 0 Å². The molecule has 1 aliphatic heterocycles. The van der Waals surface area contributed by atoms with Crippen LogP contribution in [0.2, 0.25) is 0 Å². The van der Waals surface area contributed by atoms with E-state index in [2.05, 4.69) is 0 Å². The number of ether oxygens (including phenoxy) is 4. The highest BCUT2D eigenvalue weighted by Gasteiger charge is 1.98. The Morgan fingerprint density at radius 3 is 2.52 bits per heavy atom. The van der Waals surface area contributed by atoms with Crippen molar-refractivity contribution in [2.24, 2.45) is 0 Å². The maximum atomic E-state index is 5.67. The second kappa shape index (κ2) is 17.9. The van der Waals surface area contributed by atoms with Gasteiger partial charge in [0.2, 0.25) is 0 Å². The van der Waals surface area contributed by atoms with Gasteiger partial charge in [0.1, 0.15) is 19.5 Å². The highest BCUT2D eigenvalue weighted by Crippen LogP contribution is 2.09. The molecule has 0 bridgehead atoms. The van der Waals surface area contributed by atoms with Crippen molar-refractivity contribution in [3.63, 3.8) is 0 Å². The van der Waals surface area contributed by atoms with Crippen LogP contribution in [0.3, 0.4) is 0 Å². The van der Waals surface area contributed by atoms with Crippen LogP contribution in [-0.4, -0.2) is 52.0 Å². The summed E-state index contributed by atoms with van der Waals surface area (Å²) >= 11 is 1.52. The van der Waals surface area contributed by atoms with Crippen LogP contribution in [0.1, 0.15) is 32.6 Å². The van der Waals surface area contributed by atoms with E-state index in [-0.39, 0.29) is 0 Å². The maximum Gasteiger partial charge on any atom is 0.153 e. The van der Waals surface area contributed by atoms with E-state index in [1.54, 1.807) is 6.26 Å². The molecule has 0 N–H and O–H groups in total. The minimum absolute atomic E-state index is 0.474. The summed E-state index contributed by atoms with van der Waals surface area (Å²) in [6.07, 6.45) is 14.0. The van der Waals surface area contributed by atoms with Gasteiger partial charge in [-0.05, 0) is 37.9 Å². The summed E-state index contributed by atoms with van der Waals surface area (Å²) in [6, 6.07) is 0. The maximum absolute atomic E-state index is 5.67. The molecule has 0 aromatic heterocycles. The lowest BCUT2D eigenvalue weighted by atomic mass is 10.2. The molecule has 6 heteroatoms. The number of allylic oxidation sites excluding steroid dienone is 4. The van der Waals surface area contributed by atoms with Crippen LogP contribution in [0.15, 0.2) is 36.3 Å². The largest absolute Gasteiger partial charge is 0.495 e. The molecule has 0 amide bonds. The SMILES string of the molecule is C\C=C/C=C\C1=C\OCCOSCCCCCCOCCOCCO1. The Bertz CT molecular complexity index is 382. The predicted octanol–water partition coefficient (Wildman–Crippen LogP) is 4.27. The van der Waals surface area contributed by atoms with Crippen LogP contribution < -0.4 is 0 Å². The van der Waals surface area contributed by atoms with Gasteiger partial charge < -0.3 is 23.1 Å². The summed E-state index contributed by atoms with van der Waals surface area (Å²) in [5.41, 5.74) is 0. The lowest BCUT2D eigenvalue weighted by Crippen LogP contribution is -2.10. The standard InChI is InChI=1S/C19H32O5S/c1-2-3-6-9-19-18-22-14-16-24-25-17-8-5-4-7-10-20-11-12-21-13-15-23-19/h2-3,6,9,18H,4-5,7-8,10-17H2,1H3/b3-2-,9-6-,19-18-. The Balaban J connectivity index is 2.36. The summed E-state index contributed by atoms with van der Waals surface area (Å²) in [5, 5.41) is 0. The van der Waals surface area contributed by atoms with Crippen molar-refractivity contribution >= 4 is 12.0 Å². The highest BCUT2D eigenvalue weighted by molar-refractivity contribution is 7.94. The van der Waals surface area contributed by atoms with Gasteiger partial charge in [-0.3, -0.25) is 0 Å². The van der Waals surface area contributed by atoms with E-state index in [4.69, 9.17) is 23.1 Å². The van der Waals surface area contributed by atoms with Crippen LogP contribution in [0.25, 0.3) is 0 Å². The quantitative estimate of drug-likeness (QED) is 0.533. The summed E-state index contributed by atoms with van der Waals surface area (Å²) in [4.78, 5) is 0. The molecule has 0 unspecified atom stereocenters. The first-order chi connectivity index (χ1) is 12.4. The van der Waals surface area contributed by atoms with Crippen molar-refractivity contribution in [3.8, 4) is 0 Å². The fourth-order valence-corrected chi connectivity index (χ4v) is 2.61. The molecule has 0 aliphatic carbocycles. The lowest BCUT2D eigenvalue weighted by Gasteiger charge is -2.09. The normalized spacial score (nSPS) is 23.5. The highest BCUT2D eigenvalue weighted by atomic mass is 32.2. The van der Waals surface area contributed by atoms with Gasteiger partial charge in [-0.15, -0.1) is 0 Å². The van der Waals surface area contributed by atoms with Crippen molar-refractivity contribution in [1.29, 1.82) is 0 Å². The minimum Gasteiger partial charge on any atom is -0.495 e. The van der Waals surface area contributed by atoms with Crippen molar-refractivity contribution < 1.29 is 23.1 Å². The van der Waals surface area contributed by atoms with E-state index < -0.39 is 0 Å². The van der Waals surface area contributed by atoms with Gasteiger partial charge in [-0.2, -0.15) is 0 Å². The third-order valence-electron chi connectivity index (χ3n) is 3.27. The van der Waals surface area contributed by atoms with Gasteiger partial charge in [0.15, 0.2) is 5.76 Å². The Morgan fingerprint density at radius 1 is 0.840 bits per heavy atom. The van der Waals surface area contributed by atoms with E-state index in [1.165, 1.54) is 31.3 Å². The molecule has 0 aromatic carbocycles. The average Bonchev–Trinajstić information content (AvgIpc) is 2.62. The van der Waals surface area contributed by atoms with Crippen molar-refractivity contribution in [1.82, 2.24) is 0 Å². The molecule has 5 nitrogen and oxygen atoms in total. The molecule has 25 heavy (non-hydrogen) atoms. The molecule has 1 heterocycles. The van der Waals surface area contributed by atoms with E-state index >= 15 is 0 Å².